The minimum absolute atomic E-state index is 0.182. The van der Waals surface area contributed by atoms with Gasteiger partial charge >= 0.3 is 0 Å². The second-order valence-electron chi connectivity index (χ2n) is 5.66. The Labute approximate surface area is 127 Å². The number of carbonyl (C=O) groups excluding carboxylic acids is 1. The van der Waals surface area contributed by atoms with E-state index in [1.54, 1.807) is 12.4 Å². The fraction of sp³-hybridized carbons (Fsp3) is 0.400. The van der Waals surface area contributed by atoms with Crippen LogP contribution in [0.25, 0.3) is 0 Å². The minimum Gasteiger partial charge on any atom is -0.340 e. The molecular formula is C15H16N4OS. The predicted molar refractivity (Wildman–Crippen MR) is 81.4 cm³/mol. The monoisotopic (exact) mass is 300 g/mol. The van der Waals surface area contributed by atoms with Crippen molar-refractivity contribution in [3.63, 3.8) is 0 Å². The van der Waals surface area contributed by atoms with Crippen LogP contribution in [0.2, 0.25) is 0 Å². The van der Waals surface area contributed by atoms with Crippen molar-refractivity contribution >= 4 is 23.2 Å². The summed E-state index contributed by atoms with van der Waals surface area (Å²) >= 11 is 1.52. The lowest BCUT2D eigenvalue weighted by Crippen LogP contribution is -2.33. The topological polar surface area (TPSA) is 49.3 Å². The normalized spacial score (nSPS) is 24.4. The van der Waals surface area contributed by atoms with Gasteiger partial charge in [0.1, 0.15) is 0 Å². The van der Waals surface area contributed by atoms with E-state index in [0.29, 0.717) is 11.8 Å². The maximum absolute atomic E-state index is 12.4. The van der Waals surface area contributed by atoms with Crippen molar-refractivity contribution in [3.05, 3.63) is 40.8 Å². The standard InChI is InChI=1S/C15H16N4OS/c20-14(13-3-1-6-21-13)18-7-11-9-19(10-12(11)8-18)15-16-4-2-5-17-15/h1-6,11-12H,7-10H2/t11-,12+. The van der Waals surface area contributed by atoms with Crippen LogP contribution in [0.4, 0.5) is 5.95 Å². The van der Waals surface area contributed by atoms with Crippen LogP contribution in [0.15, 0.2) is 36.0 Å². The van der Waals surface area contributed by atoms with Crippen LogP contribution in [-0.2, 0) is 0 Å². The number of thiophene rings is 1. The maximum atomic E-state index is 12.4. The van der Waals surface area contributed by atoms with Gasteiger partial charge in [0.25, 0.3) is 5.91 Å². The van der Waals surface area contributed by atoms with Gasteiger partial charge in [0.15, 0.2) is 0 Å². The molecule has 0 N–H and O–H groups in total. The molecular weight excluding hydrogens is 284 g/mol. The predicted octanol–water partition coefficient (Wildman–Crippen LogP) is 1.75. The average molecular weight is 300 g/mol. The van der Waals surface area contributed by atoms with E-state index in [1.807, 2.05) is 28.5 Å². The molecule has 1 amide bonds. The number of anilines is 1. The first-order chi connectivity index (χ1) is 10.3. The van der Waals surface area contributed by atoms with Crippen LogP contribution >= 0.6 is 11.3 Å². The average Bonchev–Trinajstić information content (AvgIpc) is 3.23. The Bertz CT molecular complexity index is 616. The van der Waals surface area contributed by atoms with E-state index >= 15 is 0 Å². The summed E-state index contributed by atoms with van der Waals surface area (Å²) in [7, 11) is 0. The molecule has 2 aromatic heterocycles. The molecule has 0 bridgehead atoms. The zero-order valence-corrected chi connectivity index (χ0v) is 12.4. The van der Waals surface area contributed by atoms with Crippen molar-refractivity contribution < 1.29 is 4.79 Å². The molecule has 4 rings (SSSR count). The van der Waals surface area contributed by atoms with Crippen LogP contribution in [0.1, 0.15) is 9.67 Å². The lowest BCUT2D eigenvalue weighted by atomic mass is 10.0. The molecule has 0 aliphatic carbocycles. The first-order valence-corrected chi connectivity index (χ1v) is 8.04. The van der Waals surface area contributed by atoms with Gasteiger partial charge < -0.3 is 9.80 Å². The Morgan fingerprint density at radius 1 is 1.10 bits per heavy atom. The highest BCUT2D eigenvalue weighted by molar-refractivity contribution is 7.12. The van der Waals surface area contributed by atoms with Crippen molar-refractivity contribution in [3.8, 4) is 0 Å². The van der Waals surface area contributed by atoms with Crippen LogP contribution < -0.4 is 4.90 Å². The number of likely N-dealkylation sites (tertiary alicyclic amines) is 1. The molecule has 2 aliphatic heterocycles. The van der Waals surface area contributed by atoms with Crippen molar-refractivity contribution in [2.45, 2.75) is 0 Å². The summed E-state index contributed by atoms with van der Waals surface area (Å²) < 4.78 is 0. The van der Waals surface area contributed by atoms with Crippen LogP contribution in [0.5, 0.6) is 0 Å². The molecule has 6 heteroatoms. The second kappa shape index (κ2) is 5.11. The zero-order valence-electron chi connectivity index (χ0n) is 11.6. The molecule has 2 aliphatic rings. The van der Waals surface area contributed by atoms with Crippen molar-refractivity contribution in [2.24, 2.45) is 11.8 Å². The number of hydrogen-bond acceptors (Lipinski definition) is 5. The smallest absolute Gasteiger partial charge is 0.263 e. The lowest BCUT2D eigenvalue weighted by Gasteiger charge is -2.21. The SMILES string of the molecule is O=C(c1cccs1)N1C[C@@H]2CN(c3ncccn3)C[C@@H]2C1. The fourth-order valence-electron chi connectivity index (χ4n) is 3.33. The first kappa shape index (κ1) is 12.8. The third kappa shape index (κ3) is 2.29. The molecule has 2 fully saturated rings. The Hall–Kier alpha value is -1.95. The summed E-state index contributed by atoms with van der Waals surface area (Å²) in [6.07, 6.45) is 3.56. The van der Waals surface area contributed by atoms with E-state index in [2.05, 4.69) is 14.9 Å². The van der Waals surface area contributed by atoms with Gasteiger partial charge in [-0.05, 0) is 17.5 Å². The van der Waals surface area contributed by atoms with Gasteiger partial charge in [0, 0.05) is 50.4 Å². The van der Waals surface area contributed by atoms with E-state index in [4.69, 9.17) is 0 Å². The van der Waals surface area contributed by atoms with Gasteiger partial charge in [0.05, 0.1) is 4.88 Å². The van der Waals surface area contributed by atoms with Crippen LogP contribution in [-0.4, -0.2) is 47.0 Å². The molecule has 21 heavy (non-hydrogen) atoms. The van der Waals surface area contributed by atoms with Crippen LogP contribution in [0, 0.1) is 11.8 Å². The number of carbonyl (C=O) groups is 1. The molecule has 0 unspecified atom stereocenters. The van der Waals surface area contributed by atoms with Crippen LogP contribution in [0.3, 0.4) is 0 Å². The molecule has 0 spiro atoms. The zero-order chi connectivity index (χ0) is 14.2. The summed E-state index contributed by atoms with van der Waals surface area (Å²) in [5, 5.41) is 1.96. The van der Waals surface area contributed by atoms with E-state index < -0.39 is 0 Å². The number of aromatic nitrogens is 2. The van der Waals surface area contributed by atoms with E-state index in [0.717, 1.165) is 37.0 Å². The lowest BCUT2D eigenvalue weighted by molar-refractivity contribution is 0.0787. The third-order valence-corrected chi connectivity index (χ3v) is 5.20. The van der Waals surface area contributed by atoms with E-state index in [-0.39, 0.29) is 5.91 Å². The molecule has 5 nitrogen and oxygen atoms in total. The highest BCUT2D eigenvalue weighted by Crippen LogP contribution is 2.33. The molecule has 2 saturated heterocycles. The summed E-state index contributed by atoms with van der Waals surface area (Å²) in [6, 6.07) is 5.68. The Kier molecular flexibility index (Phi) is 3.11. The van der Waals surface area contributed by atoms with E-state index in [9.17, 15) is 4.79 Å². The number of rotatable bonds is 2. The molecule has 108 valence electrons. The first-order valence-electron chi connectivity index (χ1n) is 7.16. The van der Waals surface area contributed by atoms with Crippen molar-refractivity contribution in [2.75, 3.05) is 31.1 Å². The van der Waals surface area contributed by atoms with Gasteiger partial charge in [-0.15, -0.1) is 11.3 Å². The Morgan fingerprint density at radius 2 is 1.81 bits per heavy atom. The van der Waals surface area contributed by atoms with Gasteiger partial charge in [-0.2, -0.15) is 0 Å². The molecule has 0 radical (unpaired) electrons. The van der Waals surface area contributed by atoms with Crippen molar-refractivity contribution in [1.29, 1.82) is 0 Å². The van der Waals surface area contributed by atoms with Gasteiger partial charge in [-0.1, -0.05) is 6.07 Å². The largest absolute Gasteiger partial charge is 0.340 e. The molecule has 4 heterocycles. The third-order valence-electron chi connectivity index (χ3n) is 4.34. The summed E-state index contributed by atoms with van der Waals surface area (Å²) in [6.45, 7) is 3.60. The Balaban J connectivity index is 1.43. The molecule has 2 atom stereocenters. The van der Waals surface area contributed by atoms with Crippen molar-refractivity contribution in [1.82, 2.24) is 14.9 Å². The van der Waals surface area contributed by atoms with E-state index in [1.165, 1.54) is 11.3 Å². The van der Waals surface area contributed by atoms with Gasteiger partial charge in [-0.25, -0.2) is 9.97 Å². The maximum Gasteiger partial charge on any atom is 0.263 e. The fourth-order valence-corrected chi connectivity index (χ4v) is 4.02. The van der Waals surface area contributed by atoms with Gasteiger partial charge in [-0.3, -0.25) is 4.79 Å². The Morgan fingerprint density at radius 3 is 2.43 bits per heavy atom. The summed E-state index contributed by atoms with van der Waals surface area (Å²) in [5.41, 5.74) is 0. The number of fused-ring (bicyclic) bond motifs is 1. The second-order valence-corrected chi connectivity index (χ2v) is 6.61. The molecule has 2 aromatic rings. The number of amides is 1. The summed E-state index contributed by atoms with van der Waals surface area (Å²) in [5.74, 6) is 2.07. The highest BCUT2D eigenvalue weighted by atomic mass is 32.1. The number of nitrogens with zero attached hydrogens (tertiary/aromatic N) is 4. The molecule has 0 saturated carbocycles. The minimum atomic E-state index is 0.182. The summed E-state index contributed by atoms with van der Waals surface area (Å²) in [4.78, 5) is 26.1. The molecule has 0 aromatic carbocycles. The quantitative estimate of drug-likeness (QED) is 0.848. The number of hydrogen-bond donors (Lipinski definition) is 0. The highest BCUT2D eigenvalue weighted by Gasteiger charge is 2.42. The van der Waals surface area contributed by atoms with Gasteiger partial charge in [0.2, 0.25) is 5.95 Å².